The van der Waals surface area contributed by atoms with Crippen molar-refractivity contribution in [3.8, 4) is 11.5 Å². The first kappa shape index (κ1) is 21.2. The van der Waals surface area contributed by atoms with Gasteiger partial charge in [-0.2, -0.15) is 0 Å². The fraction of sp³-hybridized carbons (Fsp3) is 0.316. The number of ether oxygens (including phenoxy) is 3. The second kappa shape index (κ2) is 10.3. The molecule has 0 aliphatic carbocycles. The van der Waals surface area contributed by atoms with E-state index in [-0.39, 0.29) is 36.6 Å². The third-order valence-corrected chi connectivity index (χ3v) is 4.06. The van der Waals surface area contributed by atoms with Gasteiger partial charge >= 0.3 is 0 Å². The third kappa shape index (κ3) is 5.46. The van der Waals surface area contributed by atoms with Crippen LogP contribution in [0.15, 0.2) is 41.4 Å². The maximum Gasteiger partial charge on any atom is 0.191 e. The first-order valence-electron chi connectivity index (χ1n) is 8.29. The number of methoxy groups -OCH3 is 1. The Kier molecular flexibility index (Phi) is 8.11. The zero-order valence-corrected chi connectivity index (χ0v) is 17.6. The monoisotopic (exact) mass is 487 g/mol. The van der Waals surface area contributed by atoms with Crippen molar-refractivity contribution < 1.29 is 18.6 Å². The molecule has 8 heteroatoms. The summed E-state index contributed by atoms with van der Waals surface area (Å²) in [5.41, 5.74) is 2.45. The van der Waals surface area contributed by atoms with Gasteiger partial charge in [-0.15, -0.1) is 24.0 Å². The first-order valence-corrected chi connectivity index (χ1v) is 8.29. The standard InChI is InChI=1S/C19H22FN3O3.HI/c1-21-19(22-9-13-5-3-4-6-17(13)24-2)23-10-14-7-16(20)8-15-11-25-12-26-18(14)15;/h3-8H,9-12H2,1-2H3,(H2,21,22,23);1H. The lowest BCUT2D eigenvalue weighted by molar-refractivity contribution is -0.0172. The number of halogens is 2. The Hall–Kier alpha value is -2.07. The second-order valence-electron chi connectivity index (χ2n) is 5.75. The van der Waals surface area contributed by atoms with Gasteiger partial charge in [0.1, 0.15) is 17.3 Å². The van der Waals surface area contributed by atoms with Crippen LogP contribution in [0.4, 0.5) is 4.39 Å². The van der Waals surface area contributed by atoms with Crippen molar-refractivity contribution in [2.24, 2.45) is 4.99 Å². The summed E-state index contributed by atoms with van der Waals surface area (Å²) in [5, 5.41) is 6.41. The van der Waals surface area contributed by atoms with Crippen LogP contribution in [0.25, 0.3) is 0 Å². The fourth-order valence-corrected chi connectivity index (χ4v) is 2.82. The molecule has 1 aliphatic heterocycles. The molecule has 2 aromatic carbocycles. The molecule has 2 N–H and O–H groups in total. The molecule has 0 spiro atoms. The van der Waals surface area contributed by atoms with Crippen molar-refractivity contribution in [2.75, 3.05) is 21.0 Å². The SMILES string of the molecule is CN=C(NCc1ccccc1OC)NCc1cc(F)cc2c1OCOC2.I. The van der Waals surface area contributed by atoms with Crippen LogP contribution in [0.5, 0.6) is 11.5 Å². The Bertz CT molecular complexity index is 802. The van der Waals surface area contributed by atoms with Crippen molar-refractivity contribution in [2.45, 2.75) is 19.7 Å². The van der Waals surface area contributed by atoms with Crippen molar-refractivity contribution in [1.82, 2.24) is 10.6 Å². The third-order valence-electron chi connectivity index (χ3n) is 4.06. The molecule has 0 radical (unpaired) electrons. The van der Waals surface area contributed by atoms with Gasteiger partial charge in [0.15, 0.2) is 12.8 Å². The molecule has 1 aliphatic rings. The maximum atomic E-state index is 13.8. The van der Waals surface area contributed by atoms with Gasteiger partial charge in [-0.05, 0) is 18.2 Å². The highest BCUT2D eigenvalue weighted by Gasteiger charge is 2.17. The summed E-state index contributed by atoms with van der Waals surface area (Å²) < 4.78 is 29.9. The highest BCUT2D eigenvalue weighted by molar-refractivity contribution is 14.0. The lowest BCUT2D eigenvalue weighted by Crippen LogP contribution is -2.36. The lowest BCUT2D eigenvalue weighted by atomic mass is 10.1. The minimum absolute atomic E-state index is 0. The van der Waals surface area contributed by atoms with E-state index in [2.05, 4.69) is 15.6 Å². The molecule has 0 bridgehead atoms. The smallest absolute Gasteiger partial charge is 0.191 e. The van der Waals surface area contributed by atoms with Crippen LogP contribution in [0.2, 0.25) is 0 Å². The molecule has 0 saturated carbocycles. The number of rotatable bonds is 5. The van der Waals surface area contributed by atoms with E-state index >= 15 is 0 Å². The van der Waals surface area contributed by atoms with Gasteiger partial charge in [0, 0.05) is 36.8 Å². The van der Waals surface area contributed by atoms with Gasteiger partial charge in [-0.3, -0.25) is 4.99 Å². The number of nitrogens with one attached hydrogen (secondary N) is 2. The number of aliphatic imine (C=N–C) groups is 1. The molecule has 6 nitrogen and oxygen atoms in total. The molecule has 2 aromatic rings. The van der Waals surface area contributed by atoms with Crippen LogP contribution in [0.1, 0.15) is 16.7 Å². The summed E-state index contributed by atoms with van der Waals surface area (Å²) in [5.74, 6) is 1.76. The summed E-state index contributed by atoms with van der Waals surface area (Å²) >= 11 is 0. The lowest BCUT2D eigenvalue weighted by Gasteiger charge is -2.21. The van der Waals surface area contributed by atoms with E-state index in [0.29, 0.717) is 37.0 Å². The average molecular weight is 487 g/mol. The van der Waals surface area contributed by atoms with Gasteiger partial charge in [-0.1, -0.05) is 18.2 Å². The summed E-state index contributed by atoms with van der Waals surface area (Å²) in [6.07, 6.45) is 0. The average Bonchev–Trinajstić information content (AvgIpc) is 2.68. The molecule has 0 unspecified atom stereocenters. The van der Waals surface area contributed by atoms with Crippen LogP contribution < -0.4 is 20.1 Å². The number of benzene rings is 2. The maximum absolute atomic E-state index is 13.8. The second-order valence-corrected chi connectivity index (χ2v) is 5.75. The minimum atomic E-state index is -0.313. The normalized spacial score (nSPS) is 13.1. The van der Waals surface area contributed by atoms with Crippen LogP contribution in [0.3, 0.4) is 0 Å². The highest BCUT2D eigenvalue weighted by atomic mass is 127. The van der Waals surface area contributed by atoms with Gasteiger partial charge in [-0.25, -0.2) is 4.39 Å². The zero-order chi connectivity index (χ0) is 18.4. The number of fused-ring (bicyclic) bond motifs is 1. The van der Waals surface area contributed by atoms with Gasteiger partial charge in [0.25, 0.3) is 0 Å². The molecule has 0 fully saturated rings. The van der Waals surface area contributed by atoms with Crippen LogP contribution in [-0.4, -0.2) is 26.9 Å². The summed E-state index contributed by atoms with van der Waals surface area (Å²) in [6, 6.07) is 10.7. The Morgan fingerprint density at radius 2 is 1.93 bits per heavy atom. The summed E-state index contributed by atoms with van der Waals surface area (Å²) in [4.78, 5) is 4.20. The van der Waals surface area contributed by atoms with E-state index < -0.39 is 0 Å². The number of hydrogen-bond donors (Lipinski definition) is 2. The van der Waals surface area contributed by atoms with Crippen molar-refractivity contribution in [1.29, 1.82) is 0 Å². The Labute approximate surface area is 175 Å². The number of guanidine groups is 1. The summed E-state index contributed by atoms with van der Waals surface area (Å²) in [6.45, 7) is 1.45. The molecule has 146 valence electrons. The van der Waals surface area contributed by atoms with E-state index in [1.165, 1.54) is 12.1 Å². The van der Waals surface area contributed by atoms with Gasteiger partial charge in [0.05, 0.1) is 13.7 Å². The number of para-hydroxylation sites is 1. The Morgan fingerprint density at radius 3 is 2.67 bits per heavy atom. The van der Waals surface area contributed by atoms with Crippen molar-refractivity contribution >= 4 is 29.9 Å². The molecular weight excluding hydrogens is 464 g/mol. The quantitative estimate of drug-likeness (QED) is 0.386. The molecule has 3 rings (SSSR count). The van der Waals surface area contributed by atoms with Gasteiger partial charge in [0.2, 0.25) is 0 Å². The first-order chi connectivity index (χ1) is 12.7. The van der Waals surface area contributed by atoms with E-state index in [9.17, 15) is 4.39 Å². The number of nitrogens with zero attached hydrogens (tertiary/aromatic N) is 1. The highest BCUT2D eigenvalue weighted by Crippen LogP contribution is 2.29. The van der Waals surface area contributed by atoms with Crippen molar-refractivity contribution in [3.63, 3.8) is 0 Å². The molecular formula is C19H23FIN3O3. The van der Waals surface area contributed by atoms with Gasteiger partial charge < -0.3 is 24.8 Å². The fourth-order valence-electron chi connectivity index (χ4n) is 2.82. The summed E-state index contributed by atoms with van der Waals surface area (Å²) in [7, 11) is 3.33. The largest absolute Gasteiger partial charge is 0.496 e. The predicted octanol–water partition coefficient (Wildman–Crippen LogP) is 3.18. The predicted molar refractivity (Wildman–Crippen MR) is 112 cm³/mol. The van der Waals surface area contributed by atoms with Crippen LogP contribution in [-0.2, 0) is 24.4 Å². The van der Waals surface area contributed by atoms with E-state index in [4.69, 9.17) is 14.2 Å². The van der Waals surface area contributed by atoms with Crippen LogP contribution in [0, 0.1) is 5.82 Å². The molecule has 0 aromatic heterocycles. The molecule has 1 heterocycles. The Balaban J connectivity index is 0.00000261. The van der Waals surface area contributed by atoms with Crippen LogP contribution >= 0.6 is 24.0 Å². The topological polar surface area (TPSA) is 64.1 Å². The zero-order valence-electron chi connectivity index (χ0n) is 15.3. The number of hydrogen-bond acceptors (Lipinski definition) is 4. The molecule has 0 amide bonds. The van der Waals surface area contributed by atoms with E-state index in [1.54, 1.807) is 14.2 Å². The van der Waals surface area contributed by atoms with E-state index in [0.717, 1.165) is 16.9 Å². The molecule has 27 heavy (non-hydrogen) atoms. The molecule has 0 atom stereocenters. The Morgan fingerprint density at radius 1 is 1.19 bits per heavy atom. The van der Waals surface area contributed by atoms with E-state index in [1.807, 2.05) is 24.3 Å². The van der Waals surface area contributed by atoms with Crippen molar-refractivity contribution in [3.05, 3.63) is 58.9 Å². The molecule has 0 saturated heterocycles. The minimum Gasteiger partial charge on any atom is -0.496 e.